The highest BCUT2D eigenvalue weighted by Gasteiger charge is 2.44. The quantitative estimate of drug-likeness (QED) is 0.507. The molecule has 4 rings (SSSR count). The summed E-state index contributed by atoms with van der Waals surface area (Å²) in [6.45, 7) is 7.58. The number of aryl methyl sites for hydroxylation is 2. The number of amides is 3. The van der Waals surface area contributed by atoms with Gasteiger partial charge in [0.2, 0.25) is 11.9 Å². The van der Waals surface area contributed by atoms with E-state index in [2.05, 4.69) is 20.6 Å². The van der Waals surface area contributed by atoms with E-state index in [0.29, 0.717) is 34.9 Å². The van der Waals surface area contributed by atoms with Crippen LogP contribution in [0.15, 0.2) is 54.6 Å². The molecule has 3 aromatic rings. The number of carbonyl (C=O) groups excluding carboxylic acids is 3. The van der Waals surface area contributed by atoms with Crippen LogP contribution in [0.5, 0.6) is 0 Å². The maximum absolute atomic E-state index is 13.4. The lowest BCUT2D eigenvalue weighted by atomic mass is 9.96. The third-order valence-electron chi connectivity index (χ3n) is 5.92. The molecular weight excluding hydrogens is 430 g/mol. The third kappa shape index (κ3) is 4.52. The zero-order chi connectivity index (χ0) is 24.4. The minimum atomic E-state index is -0.934. The Labute approximate surface area is 198 Å². The minimum Gasteiger partial charge on any atom is -0.324 e. The van der Waals surface area contributed by atoms with E-state index in [1.807, 2.05) is 39.8 Å². The molecule has 2 atom stereocenters. The molecule has 1 aliphatic heterocycles. The van der Waals surface area contributed by atoms with E-state index >= 15 is 0 Å². The predicted octanol–water partition coefficient (Wildman–Crippen LogP) is 4.49. The molecule has 0 saturated carbocycles. The van der Waals surface area contributed by atoms with Crippen LogP contribution in [-0.4, -0.2) is 38.6 Å². The largest absolute Gasteiger partial charge is 0.324 e. The predicted molar refractivity (Wildman–Crippen MR) is 130 cm³/mol. The summed E-state index contributed by atoms with van der Waals surface area (Å²) in [6, 6.07) is 14.8. The van der Waals surface area contributed by atoms with Crippen LogP contribution in [0.4, 0.5) is 17.3 Å². The Morgan fingerprint density at radius 3 is 2.09 bits per heavy atom. The van der Waals surface area contributed by atoms with Gasteiger partial charge in [0.15, 0.2) is 0 Å². The Balaban J connectivity index is 1.57. The van der Waals surface area contributed by atoms with Gasteiger partial charge in [0.05, 0.1) is 11.1 Å². The van der Waals surface area contributed by atoms with Crippen molar-refractivity contribution in [2.45, 2.75) is 40.2 Å². The molecule has 34 heavy (non-hydrogen) atoms. The first-order valence-corrected chi connectivity index (χ1v) is 11.3. The number of carbonyl (C=O) groups is 3. The molecule has 2 heterocycles. The number of rotatable bonds is 7. The average Bonchev–Trinajstić information content (AvgIpc) is 3.04. The molecule has 2 aromatic carbocycles. The van der Waals surface area contributed by atoms with Gasteiger partial charge in [-0.2, -0.15) is 0 Å². The summed E-state index contributed by atoms with van der Waals surface area (Å²) in [7, 11) is 0. The third-order valence-corrected chi connectivity index (χ3v) is 5.92. The highest BCUT2D eigenvalue weighted by atomic mass is 16.2. The van der Waals surface area contributed by atoms with Crippen LogP contribution in [0.2, 0.25) is 0 Å². The van der Waals surface area contributed by atoms with Gasteiger partial charge >= 0.3 is 0 Å². The van der Waals surface area contributed by atoms with E-state index in [9.17, 15) is 14.4 Å². The van der Waals surface area contributed by atoms with Crippen molar-refractivity contribution >= 4 is 35.0 Å². The van der Waals surface area contributed by atoms with Gasteiger partial charge < -0.3 is 10.6 Å². The summed E-state index contributed by atoms with van der Waals surface area (Å²) in [6.07, 6.45) is 0.622. The SMILES string of the molecule is CCC(C)C(C(=O)Nc1cccc(Nc2nc(C)cc(C)n2)c1)N1C(=O)c2ccccc2C1=O. The fourth-order valence-corrected chi connectivity index (χ4v) is 4.12. The summed E-state index contributed by atoms with van der Waals surface area (Å²) in [5.41, 5.74) is 3.57. The monoisotopic (exact) mass is 457 g/mol. The summed E-state index contributed by atoms with van der Waals surface area (Å²) in [4.78, 5) is 49.3. The van der Waals surface area contributed by atoms with Crippen LogP contribution in [0.3, 0.4) is 0 Å². The van der Waals surface area contributed by atoms with Crippen molar-refractivity contribution in [3.8, 4) is 0 Å². The van der Waals surface area contributed by atoms with Crippen molar-refractivity contribution in [2.75, 3.05) is 10.6 Å². The first-order chi connectivity index (χ1) is 16.3. The van der Waals surface area contributed by atoms with Crippen molar-refractivity contribution in [3.05, 3.63) is 77.1 Å². The normalized spacial score (nSPS) is 14.5. The molecule has 8 heteroatoms. The van der Waals surface area contributed by atoms with Crippen molar-refractivity contribution in [3.63, 3.8) is 0 Å². The fraction of sp³-hybridized carbons (Fsp3) is 0.269. The van der Waals surface area contributed by atoms with Gasteiger partial charge in [0.25, 0.3) is 11.8 Å². The van der Waals surface area contributed by atoms with Crippen molar-refractivity contribution in [2.24, 2.45) is 5.92 Å². The molecule has 1 aliphatic rings. The molecule has 0 aliphatic carbocycles. The van der Waals surface area contributed by atoms with Gasteiger partial charge in [-0.1, -0.05) is 38.5 Å². The average molecular weight is 458 g/mol. The standard InChI is InChI=1S/C26H27N5O3/c1-5-15(2)22(31-24(33)20-11-6-7-12-21(20)25(31)34)23(32)29-18-9-8-10-19(14-18)30-26-27-16(3)13-17(4)28-26/h6-15,22H,5H2,1-4H3,(H,29,32)(H,27,28,30). The van der Waals surface area contributed by atoms with Crippen LogP contribution in [0, 0.1) is 19.8 Å². The molecule has 2 unspecified atom stereocenters. The van der Waals surface area contributed by atoms with Gasteiger partial charge in [0.1, 0.15) is 6.04 Å². The molecule has 1 aromatic heterocycles. The first kappa shape index (κ1) is 23.1. The van der Waals surface area contributed by atoms with E-state index in [4.69, 9.17) is 0 Å². The molecule has 2 N–H and O–H groups in total. The zero-order valence-corrected chi connectivity index (χ0v) is 19.6. The van der Waals surface area contributed by atoms with Crippen LogP contribution in [-0.2, 0) is 4.79 Å². The number of nitrogens with one attached hydrogen (secondary N) is 2. The lowest BCUT2D eigenvalue weighted by molar-refractivity contribution is -0.121. The Morgan fingerprint density at radius 2 is 1.50 bits per heavy atom. The maximum Gasteiger partial charge on any atom is 0.262 e. The van der Waals surface area contributed by atoms with Crippen LogP contribution >= 0.6 is 0 Å². The maximum atomic E-state index is 13.4. The smallest absolute Gasteiger partial charge is 0.262 e. The second-order valence-electron chi connectivity index (χ2n) is 8.53. The summed E-state index contributed by atoms with van der Waals surface area (Å²) >= 11 is 0. The van der Waals surface area contributed by atoms with E-state index < -0.39 is 23.8 Å². The zero-order valence-electron chi connectivity index (χ0n) is 19.6. The summed E-state index contributed by atoms with van der Waals surface area (Å²) in [5.74, 6) is -1.06. The first-order valence-electron chi connectivity index (χ1n) is 11.3. The molecule has 0 fully saturated rings. The number of hydrogen-bond acceptors (Lipinski definition) is 6. The fourth-order valence-electron chi connectivity index (χ4n) is 4.12. The molecule has 0 radical (unpaired) electrons. The Hall–Kier alpha value is -4.07. The number of hydrogen-bond donors (Lipinski definition) is 2. The number of imide groups is 1. The van der Waals surface area contributed by atoms with E-state index in [-0.39, 0.29) is 5.92 Å². The van der Waals surface area contributed by atoms with Crippen molar-refractivity contribution in [1.29, 1.82) is 0 Å². The molecule has 3 amide bonds. The van der Waals surface area contributed by atoms with Gasteiger partial charge in [0, 0.05) is 22.8 Å². The van der Waals surface area contributed by atoms with Crippen LogP contribution in [0.25, 0.3) is 0 Å². The molecule has 8 nitrogen and oxygen atoms in total. The summed E-state index contributed by atoms with van der Waals surface area (Å²) in [5, 5.41) is 6.04. The second kappa shape index (κ2) is 9.43. The topological polar surface area (TPSA) is 104 Å². The van der Waals surface area contributed by atoms with E-state index in [0.717, 1.165) is 16.3 Å². The van der Waals surface area contributed by atoms with Crippen molar-refractivity contribution in [1.82, 2.24) is 14.9 Å². The Kier molecular flexibility index (Phi) is 6.40. The number of nitrogens with zero attached hydrogens (tertiary/aromatic N) is 3. The second-order valence-corrected chi connectivity index (χ2v) is 8.53. The number of aromatic nitrogens is 2. The molecule has 0 spiro atoms. The molecule has 0 saturated heterocycles. The lowest BCUT2D eigenvalue weighted by Crippen LogP contribution is -2.50. The van der Waals surface area contributed by atoms with Gasteiger partial charge in [-0.05, 0) is 56.2 Å². The lowest BCUT2D eigenvalue weighted by Gasteiger charge is -2.29. The van der Waals surface area contributed by atoms with E-state index in [1.54, 1.807) is 42.5 Å². The van der Waals surface area contributed by atoms with Gasteiger partial charge in [-0.15, -0.1) is 0 Å². The molecule has 0 bridgehead atoms. The van der Waals surface area contributed by atoms with E-state index in [1.165, 1.54) is 0 Å². The Morgan fingerprint density at radius 1 is 0.912 bits per heavy atom. The molecular formula is C26H27N5O3. The summed E-state index contributed by atoms with van der Waals surface area (Å²) < 4.78 is 0. The van der Waals surface area contributed by atoms with Gasteiger partial charge in [-0.3, -0.25) is 19.3 Å². The highest BCUT2D eigenvalue weighted by molar-refractivity contribution is 6.23. The Bertz CT molecular complexity index is 1220. The minimum absolute atomic E-state index is 0.229. The number of benzene rings is 2. The van der Waals surface area contributed by atoms with Gasteiger partial charge in [-0.25, -0.2) is 9.97 Å². The highest BCUT2D eigenvalue weighted by Crippen LogP contribution is 2.29. The van der Waals surface area contributed by atoms with Crippen LogP contribution in [0.1, 0.15) is 52.4 Å². The van der Waals surface area contributed by atoms with Crippen molar-refractivity contribution < 1.29 is 14.4 Å². The number of anilines is 3. The number of fused-ring (bicyclic) bond motifs is 1. The molecule has 174 valence electrons. The van der Waals surface area contributed by atoms with Crippen LogP contribution < -0.4 is 10.6 Å².